The molecule has 1 aliphatic heterocycles. The molecule has 0 unspecified atom stereocenters. The summed E-state index contributed by atoms with van der Waals surface area (Å²) >= 11 is 3.30. The Morgan fingerprint density at radius 2 is 1.86 bits per heavy atom. The molecule has 0 N–H and O–H groups in total. The number of benzene rings is 1. The zero-order valence-corrected chi connectivity index (χ0v) is 13.7. The molecule has 0 aliphatic carbocycles. The van der Waals surface area contributed by atoms with Crippen molar-refractivity contribution < 1.29 is 4.42 Å². The first-order valence-corrected chi connectivity index (χ1v) is 8.90. The Morgan fingerprint density at radius 3 is 2.52 bits per heavy atom. The van der Waals surface area contributed by atoms with E-state index in [2.05, 4.69) is 24.8 Å². The second-order valence-corrected chi connectivity index (χ2v) is 7.09. The molecule has 110 valence electrons. The molecule has 1 aromatic heterocycles. The van der Waals surface area contributed by atoms with Gasteiger partial charge in [0, 0.05) is 30.2 Å². The van der Waals surface area contributed by atoms with Gasteiger partial charge >= 0.3 is 5.63 Å². The van der Waals surface area contributed by atoms with Crippen molar-refractivity contribution >= 4 is 40.2 Å². The van der Waals surface area contributed by atoms with Crippen molar-refractivity contribution in [3.05, 3.63) is 51.1 Å². The lowest BCUT2D eigenvalue weighted by Gasteiger charge is -2.21. The highest BCUT2D eigenvalue weighted by Crippen LogP contribution is 2.45. The molecule has 0 saturated carbocycles. The third kappa shape index (κ3) is 2.85. The summed E-state index contributed by atoms with van der Waals surface area (Å²) in [4.78, 5) is 14.4. The van der Waals surface area contributed by atoms with Crippen LogP contribution in [0.5, 0.6) is 0 Å². The normalized spacial score (nSPS) is 15.0. The number of fused-ring (bicyclic) bond motifs is 1. The zero-order chi connectivity index (χ0) is 14.8. The summed E-state index contributed by atoms with van der Waals surface area (Å²) in [6, 6.07) is 8.05. The molecule has 0 saturated heterocycles. The summed E-state index contributed by atoms with van der Waals surface area (Å²) in [5, 5.41) is 5.01. The lowest BCUT2D eigenvalue weighted by Crippen LogP contribution is -2.21. The summed E-state index contributed by atoms with van der Waals surface area (Å²) in [7, 11) is 0. The lowest BCUT2D eigenvalue weighted by atomic mass is 10.1. The topological polar surface area (TPSA) is 33.5 Å². The second-order valence-electron chi connectivity index (χ2n) is 4.76. The van der Waals surface area contributed by atoms with E-state index in [0.29, 0.717) is 5.58 Å². The molecule has 5 heteroatoms. The quantitative estimate of drug-likeness (QED) is 0.770. The van der Waals surface area contributed by atoms with Gasteiger partial charge in [-0.15, -0.1) is 23.5 Å². The minimum Gasteiger partial charge on any atom is -0.422 e. The molecule has 21 heavy (non-hydrogen) atoms. The standard InChI is InChI=1S/C16H17NO2S2/c1-3-17(4-2)12-6-5-11-9-13(16-20-7-8-21-16)15(18)19-14(11)10-12/h5-10,16H,3-4H2,1-2H3. The highest BCUT2D eigenvalue weighted by Gasteiger charge is 2.20. The number of anilines is 1. The van der Waals surface area contributed by atoms with E-state index in [1.807, 2.05) is 29.0 Å². The van der Waals surface area contributed by atoms with Gasteiger partial charge < -0.3 is 9.32 Å². The zero-order valence-electron chi connectivity index (χ0n) is 12.0. The molecule has 0 atom stereocenters. The van der Waals surface area contributed by atoms with Crippen LogP contribution in [0, 0.1) is 0 Å². The van der Waals surface area contributed by atoms with Gasteiger partial charge in [-0.05, 0) is 42.9 Å². The Hall–Kier alpha value is -1.33. The summed E-state index contributed by atoms with van der Waals surface area (Å²) in [6.07, 6.45) is 0. The fourth-order valence-electron chi connectivity index (χ4n) is 2.45. The minimum atomic E-state index is -0.229. The Labute approximate surface area is 132 Å². The molecule has 1 aliphatic rings. The lowest BCUT2D eigenvalue weighted by molar-refractivity contribution is 0.554. The Morgan fingerprint density at radius 1 is 1.14 bits per heavy atom. The van der Waals surface area contributed by atoms with Gasteiger partial charge in [0.15, 0.2) is 0 Å². The average Bonchev–Trinajstić information content (AvgIpc) is 3.01. The van der Waals surface area contributed by atoms with Crippen LogP contribution in [-0.4, -0.2) is 13.1 Å². The summed E-state index contributed by atoms with van der Waals surface area (Å²) < 4.78 is 5.67. The number of nitrogens with zero attached hydrogens (tertiary/aromatic N) is 1. The molecule has 0 bridgehead atoms. The van der Waals surface area contributed by atoms with Gasteiger partial charge in [-0.2, -0.15) is 0 Å². The molecule has 1 aromatic carbocycles. The van der Waals surface area contributed by atoms with Gasteiger partial charge in [0.1, 0.15) is 5.58 Å². The molecule has 0 radical (unpaired) electrons. The summed E-state index contributed by atoms with van der Waals surface area (Å²) in [5.74, 6) is 0. The van der Waals surface area contributed by atoms with Crippen molar-refractivity contribution in [2.45, 2.75) is 18.4 Å². The van der Waals surface area contributed by atoms with Gasteiger partial charge in [-0.25, -0.2) is 4.79 Å². The van der Waals surface area contributed by atoms with Gasteiger partial charge in [0.25, 0.3) is 0 Å². The monoisotopic (exact) mass is 319 g/mol. The highest BCUT2D eigenvalue weighted by molar-refractivity contribution is 8.21. The molecular weight excluding hydrogens is 302 g/mol. The van der Waals surface area contributed by atoms with Crippen LogP contribution in [0.1, 0.15) is 24.0 Å². The van der Waals surface area contributed by atoms with E-state index in [0.717, 1.165) is 29.7 Å². The molecule has 0 fully saturated rings. The average molecular weight is 319 g/mol. The Bertz CT molecular complexity index is 727. The van der Waals surface area contributed by atoms with Gasteiger partial charge in [-0.1, -0.05) is 0 Å². The predicted octanol–water partition coefficient (Wildman–Crippen LogP) is 4.59. The number of rotatable bonds is 4. The van der Waals surface area contributed by atoms with Crippen LogP contribution >= 0.6 is 23.5 Å². The molecule has 2 aromatic rings. The van der Waals surface area contributed by atoms with Crippen LogP contribution in [0.25, 0.3) is 11.0 Å². The third-order valence-corrected chi connectivity index (χ3v) is 6.02. The van der Waals surface area contributed by atoms with Crippen LogP contribution in [0.15, 0.2) is 44.3 Å². The molecule has 3 nitrogen and oxygen atoms in total. The van der Waals surface area contributed by atoms with Gasteiger partial charge in [-0.3, -0.25) is 0 Å². The van der Waals surface area contributed by atoms with E-state index in [1.165, 1.54) is 0 Å². The van der Waals surface area contributed by atoms with Crippen LogP contribution in [0.2, 0.25) is 0 Å². The Kier molecular flexibility index (Phi) is 4.31. The maximum Gasteiger partial charge on any atom is 0.341 e. The highest BCUT2D eigenvalue weighted by atomic mass is 32.2. The van der Waals surface area contributed by atoms with Crippen molar-refractivity contribution in [2.24, 2.45) is 0 Å². The third-order valence-electron chi connectivity index (χ3n) is 3.59. The minimum absolute atomic E-state index is 0.119. The SMILES string of the molecule is CCN(CC)c1ccc2cc(C3SC=CS3)c(=O)oc2c1. The number of hydrogen-bond acceptors (Lipinski definition) is 5. The first-order chi connectivity index (χ1) is 10.2. The molecule has 2 heterocycles. The van der Waals surface area contributed by atoms with E-state index in [9.17, 15) is 4.79 Å². The summed E-state index contributed by atoms with van der Waals surface area (Å²) in [5.41, 5.74) is 2.26. The van der Waals surface area contributed by atoms with Crippen LogP contribution in [0.4, 0.5) is 5.69 Å². The molecule has 0 spiro atoms. The van der Waals surface area contributed by atoms with E-state index in [1.54, 1.807) is 23.5 Å². The van der Waals surface area contributed by atoms with Crippen molar-refractivity contribution in [2.75, 3.05) is 18.0 Å². The van der Waals surface area contributed by atoms with Crippen molar-refractivity contribution in [3.63, 3.8) is 0 Å². The smallest absolute Gasteiger partial charge is 0.341 e. The first-order valence-electron chi connectivity index (χ1n) is 7.01. The number of thioether (sulfide) groups is 2. The van der Waals surface area contributed by atoms with Gasteiger partial charge in [0.2, 0.25) is 0 Å². The van der Waals surface area contributed by atoms with Crippen molar-refractivity contribution in [1.82, 2.24) is 0 Å². The second kappa shape index (κ2) is 6.20. The van der Waals surface area contributed by atoms with Crippen LogP contribution in [0.3, 0.4) is 0 Å². The summed E-state index contributed by atoms with van der Waals surface area (Å²) in [6.45, 7) is 6.11. The largest absolute Gasteiger partial charge is 0.422 e. The van der Waals surface area contributed by atoms with Crippen LogP contribution in [-0.2, 0) is 0 Å². The van der Waals surface area contributed by atoms with Crippen molar-refractivity contribution in [3.8, 4) is 0 Å². The predicted molar refractivity (Wildman–Crippen MR) is 93.1 cm³/mol. The molecule has 3 rings (SSSR count). The fourth-order valence-corrected chi connectivity index (χ4v) is 4.51. The van der Waals surface area contributed by atoms with Crippen molar-refractivity contribution in [1.29, 1.82) is 0 Å². The maximum atomic E-state index is 12.2. The first kappa shape index (κ1) is 14.6. The van der Waals surface area contributed by atoms with E-state index in [-0.39, 0.29) is 10.2 Å². The van der Waals surface area contributed by atoms with E-state index >= 15 is 0 Å². The van der Waals surface area contributed by atoms with E-state index in [4.69, 9.17) is 4.42 Å². The fraction of sp³-hybridized carbons (Fsp3) is 0.312. The molecule has 0 amide bonds. The van der Waals surface area contributed by atoms with Gasteiger partial charge in [0.05, 0.1) is 10.1 Å². The van der Waals surface area contributed by atoms with E-state index < -0.39 is 0 Å². The van der Waals surface area contributed by atoms with Crippen LogP contribution < -0.4 is 10.5 Å². The number of hydrogen-bond donors (Lipinski definition) is 0. The maximum absolute atomic E-state index is 12.2. The molecular formula is C16H17NO2S2. The Balaban J connectivity index is 2.04.